The molecule has 0 saturated heterocycles. The van der Waals surface area contributed by atoms with Crippen molar-refractivity contribution < 1.29 is 9.59 Å². The monoisotopic (exact) mass is 280 g/mol. The first kappa shape index (κ1) is 13.4. The van der Waals surface area contributed by atoms with E-state index in [1.165, 1.54) is 10.5 Å². The minimum absolute atomic E-state index is 0.227. The van der Waals surface area contributed by atoms with E-state index in [2.05, 4.69) is 0 Å². The molecule has 4 nitrogen and oxygen atoms in total. The van der Waals surface area contributed by atoms with E-state index in [4.69, 9.17) is 0 Å². The molecular formula is C17H16N2O2. The molecule has 3 rings (SSSR count). The lowest BCUT2D eigenvalue weighted by Crippen LogP contribution is -2.39. The number of benzene rings is 2. The number of hydrogen-bond donors (Lipinski definition) is 0. The van der Waals surface area contributed by atoms with Gasteiger partial charge in [0, 0.05) is 12.7 Å². The Kier molecular flexibility index (Phi) is 3.22. The van der Waals surface area contributed by atoms with E-state index in [1.54, 1.807) is 24.3 Å². The fourth-order valence-corrected chi connectivity index (χ4v) is 2.46. The molecule has 0 spiro atoms. The minimum atomic E-state index is -0.227. The normalized spacial score (nSPS) is 13.5. The molecule has 4 heteroatoms. The maximum absolute atomic E-state index is 12.3. The number of anilines is 1. The van der Waals surface area contributed by atoms with E-state index in [1.807, 2.05) is 43.1 Å². The van der Waals surface area contributed by atoms with Crippen LogP contribution < -0.4 is 4.90 Å². The largest absolute Gasteiger partial charge is 0.356 e. The first-order valence-corrected chi connectivity index (χ1v) is 6.81. The Morgan fingerprint density at radius 2 is 1.43 bits per heavy atom. The molecule has 0 saturated carbocycles. The summed E-state index contributed by atoms with van der Waals surface area (Å²) in [5.41, 5.74) is 3.12. The zero-order valence-electron chi connectivity index (χ0n) is 12.0. The number of amides is 2. The second kappa shape index (κ2) is 5.05. The van der Waals surface area contributed by atoms with Crippen LogP contribution in [0.4, 0.5) is 5.69 Å². The van der Waals surface area contributed by atoms with E-state index in [0.29, 0.717) is 11.1 Å². The van der Waals surface area contributed by atoms with Crippen molar-refractivity contribution in [2.24, 2.45) is 0 Å². The van der Waals surface area contributed by atoms with Gasteiger partial charge in [0.2, 0.25) is 0 Å². The fourth-order valence-electron chi connectivity index (χ4n) is 2.46. The van der Waals surface area contributed by atoms with Gasteiger partial charge < -0.3 is 4.90 Å². The van der Waals surface area contributed by atoms with Crippen LogP contribution in [-0.2, 0) is 0 Å². The molecule has 0 bridgehead atoms. The fraction of sp³-hybridized carbons (Fsp3) is 0.176. The molecule has 0 aliphatic carbocycles. The Bertz CT molecular complexity index is 672. The van der Waals surface area contributed by atoms with E-state index in [0.717, 1.165) is 5.69 Å². The summed E-state index contributed by atoms with van der Waals surface area (Å²) in [6.07, 6.45) is 0. The van der Waals surface area contributed by atoms with Gasteiger partial charge in [-0.15, -0.1) is 0 Å². The lowest BCUT2D eigenvalue weighted by atomic mass is 10.1. The number of aryl methyl sites for hydroxylation is 1. The molecule has 2 aromatic carbocycles. The molecular weight excluding hydrogens is 264 g/mol. The zero-order valence-corrected chi connectivity index (χ0v) is 12.0. The van der Waals surface area contributed by atoms with Crippen molar-refractivity contribution in [1.82, 2.24) is 4.90 Å². The molecule has 21 heavy (non-hydrogen) atoms. The molecule has 0 N–H and O–H groups in total. The first-order chi connectivity index (χ1) is 10.1. The molecule has 1 aliphatic heterocycles. The van der Waals surface area contributed by atoms with Gasteiger partial charge in [-0.2, -0.15) is 0 Å². The topological polar surface area (TPSA) is 40.6 Å². The van der Waals surface area contributed by atoms with Crippen molar-refractivity contribution in [3.63, 3.8) is 0 Å². The van der Waals surface area contributed by atoms with Crippen molar-refractivity contribution in [2.75, 3.05) is 18.6 Å². The predicted molar refractivity (Wildman–Crippen MR) is 81.4 cm³/mol. The Hall–Kier alpha value is -2.62. The van der Waals surface area contributed by atoms with Gasteiger partial charge in [-0.05, 0) is 31.2 Å². The summed E-state index contributed by atoms with van der Waals surface area (Å²) >= 11 is 0. The Balaban J connectivity index is 1.82. The van der Waals surface area contributed by atoms with Crippen molar-refractivity contribution >= 4 is 17.5 Å². The van der Waals surface area contributed by atoms with Crippen molar-refractivity contribution in [3.8, 4) is 0 Å². The summed E-state index contributed by atoms with van der Waals surface area (Å²) in [7, 11) is 1.87. The summed E-state index contributed by atoms with van der Waals surface area (Å²) in [4.78, 5) is 27.8. The molecule has 106 valence electrons. The zero-order chi connectivity index (χ0) is 15.0. The highest BCUT2D eigenvalue weighted by Crippen LogP contribution is 2.23. The van der Waals surface area contributed by atoms with Crippen LogP contribution >= 0.6 is 0 Å². The molecule has 2 aromatic rings. The lowest BCUT2D eigenvalue weighted by molar-refractivity contribution is 0.0656. The maximum Gasteiger partial charge on any atom is 0.263 e. The van der Waals surface area contributed by atoms with Crippen LogP contribution in [0.5, 0.6) is 0 Å². The van der Waals surface area contributed by atoms with Gasteiger partial charge >= 0.3 is 0 Å². The smallest absolute Gasteiger partial charge is 0.263 e. The molecule has 2 amide bonds. The lowest BCUT2D eigenvalue weighted by Gasteiger charge is -2.24. The van der Waals surface area contributed by atoms with E-state index < -0.39 is 0 Å². The summed E-state index contributed by atoms with van der Waals surface area (Å²) in [6, 6.07) is 14.9. The van der Waals surface area contributed by atoms with Crippen molar-refractivity contribution in [1.29, 1.82) is 0 Å². The van der Waals surface area contributed by atoms with E-state index >= 15 is 0 Å². The van der Waals surface area contributed by atoms with Crippen LogP contribution in [-0.4, -0.2) is 30.4 Å². The van der Waals surface area contributed by atoms with Gasteiger partial charge in [0.25, 0.3) is 11.8 Å². The molecule has 0 radical (unpaired) electrons. The van der Waals surface area contributed by atoms with Crippen molar-refractivity contribution in [2.45, 2.75) is 6.92 Å². The second-order valence-corrected chi connectivity index (χ2v) is 5.26. The van der Waals surface area contributed by atoms with Gasteiger partial charge in [0.05, 0.1) is 11.1 Å². The summed E-state index contributed by atoms with van der Waals surface area (Å²) < 4.78 is 0. The Morgan fingerprint density at radius 3 is 1.95 bits per heavy atom. The van der Waals surface area contributed by atoms with Crippen LogP contribution in [0.2, 0.25) is 0 Å². The third kappa shape index (κ3) is 2.29. The summed E-state index contributed by atoms with van der Waals surface area (Å²) in [6.45, 7) is 2.27. The SMILES string of the molecule is Cc1ccc(N(C)CN2C(=O)c3ccccc3C2=O)cc1. The van der Waals surface area contributed by atoms with Crippen LogP contribution in [0.25, 0.3) is 0 Å². The number of hydrogen-bond acceptors (Lipinski definition) is 3. The predicted octanol–water partition coefficient (Wildman–Crippen LogP) is 2.68. The standard InChI is InChI=1S/C17H16N2O2/c1-12-7-9-13(10-8-12)18(2)11-19-16(20)14-5-3-4-6-15(14)17(19)21/h3-10H,11H2,1-2H3. The quantitative estimate of drug-likeness (QED) is 0.812. The third-order valence-electron chi connectivity index (χ3n) is 3.71. The molecule has 1 aliphatic rings. The molecule has 0 fully saturated rings. The maximum atomic E-state index is 12.3. The molecule has 0 atom stereocenters. The van der Waals surface area contributed by atoms with E-state index in [9.17, 15) is 9.59 Å². The first-order valence-electron chi connectivity index (χ1n) is 6.81. The number of rotatable bonds is 3. The molecule has 0 unspecified atom stereocenters. The van der Waals surface area contributed by atoms with E-state index in [-0.39, 0.29) is 18.5 Å². The number of carbonyl (C=O) groups is 2. The van der Waals surface area contributed by atoms with Gasteiger partial charge in [-0.25, -0.2) is 0 Å². The van der Waals surface area contributed by atoms with Crippen LogP contribution in [0, 0.1) is 6.92 Å². The highest BCUT2D eigenvalue weighted by molar-refractivity contribution is 6.21. The highest BCUT2D eigenvalue weighted by atomic mass is 16.2. The Labute approximate surface area is 123 Å². The van der Waals surface area contributed by atoms with Gasteiger partial charge in [-0.3, -0.25) is 14.5 Å². The number of fused-ring (bicyclic) bond motifs is 1. The van der Waals surface area contributed by atoms with Crippen LogP contribution in [0.1, 0.15) is 26.3 Å². The number of carbonyl (C=O) groups excluding carboxylic acids is 2. The average Bonchev–Trinajstić information content (AvgIpc) is 2.73. The third-order valence-corrected chi connectivity index (χ3v) is 3.71. The minimum Gasteiger partial charge on any atom is -0.356 e. The van der Waals surface area contributed by atoms with Gasteiger partial charge in [-0.1, -0.05) is 29.8 Å². The van der Waals surface area contributed by atoms with Crippen molar-refractivity contribution in [3.05, 3.63) is 65.2 Å². The Morgan fingerprint density at radius 1 is 0.905 bits per heavy atom. The second-order valence-electron chi connectivity index (χ2n) is 5.26. The van der Waals surface area contributed by atoms with Crippen LogP contribution in [0.3, 0.4) is 0 Å². The summed E-state index contributed by atoms with van der Waals surface area (Å²) in [5, 5.41) is 0. The molecule has 0 aromatic heterocycles. The summed E-state index contributed by atoms with van der Waals surface area (Å²) in [5.74, 6) is -0.455. The van der Waals surface area contributed by atoms with Gasteiger partial charge in [0.1, 0.15) is 6.67 Å². The number of nitrogens with zero attached hydrogens (tertiary/aromatic N) is 2. The van der Waals surface area contributed by atoms with Gasteiger partial charge in [0.15, 0.2) is 0 Å². The molecule has 1 heterocycles. The van der Waals surface area contributed by atoms with Crippen LogP contribution in [0.15, 0.2) is 48.5 Å². The average molecular weight is 280 g/mol. The number of imide groups is 1. The highest BCUT2D eigenvalue weighted by Gasteiger charge is 2.35.